The van der Waals surface area contributed by atoms with Crippen molar-refractivity contribution in [2.45, 2.75) is 51.1 Å². The molecule has 0 radical (unpaired) electrons. The highest BCUT2D eigenvalue weighted by Crippen LogP contribution is 2.38. The second kappa shape index (κ2) is 8.69. The Balaban J connectivity index is 1.42. The number of amides is 1. The Morgan fingerprint density at radius 2 is 2.03 bits per heavy atom. The van der Waals surface area contributed by atoms with Crippen molar-refractivity contribution in [3.63, 3.8) is 0 Å². The van der Waals surface area contributed by atoms with Crippen molar-refractivity contribution in [3.05, 3.63) is 51.4 Å². The predicted octanol–water partition coefficient (Wildman–Crippen LogP) is 3.44. The van der Waals surface area contributed by atoms with Gasteiger partial charge in [-0.15, -0.1) is 0 Å². The quantitative estimate of drug-likeness (QED) is 0.776. The molecule has 1 aromatic heterocycles. The zero-order valence-electron chi connectivity index (χ0n) is 17.3. The molecule has 2 aliphatic rings. The molecule has 1 unspecified atom stereocenters. The summed E-state index contributed by atoms with van der Waals surface area (Å²) in [5, 5.41) is 0.971. The van der Waals surface area contributed by atoms with Crippen molar-refractivity contribution in [1.29, 1.82) is 0 Å². The third kappa shape index (κ3) is 4.13. The number of hydrogen-bond acceptors (Lipinski definition) is 5. The van der Waals surface area contributed by atoms with Gasteiger partial charge in [-0.1, -0.05) is 36.2 Å². The first-order chi connectivity index (χ1) is 14.3. The van der Waals surface area contributed by atoms with Crippen LogP contribution in [0.15, 0.2) is 24.5 Å². The molecule has 1 aliphatic heterocycles. The highest BCUT2D eigenvalue weighted by molar-refractivity contribution is 6.42. The van der Waals surface area contributed by atoms with E-state index in [0.717, 1.165) is 30.8 Å². The van der Waals surface area contributed by atoms with E-state index in [1.54, 1.807) is 18.5 Å². The van der Waals surface area contributed by atoms with Crippen LogP contribution in [0.5, 0.6) is 0 Å². The van der Waals surface area contributed by atoms with Crippen LogP contribution in [0.2, 0.25) is 10.0 Å². The van der Waals surface area contributed by atoms with Gasteiger partial charge in [-0.2, -0.15) is 0 Å². The topological polar surface area (TPSA) is 75.4 Å². The van der Waals surface area contributed by atoms with Crippen molar-refractivity contribution in [2.24, 2.45) is 5.73 Å². The number of aromatic nitrogens is 2. The lowest BCUT2D eigenvalue weighted by Gasteiger charge is -2.42. The van der Waals surface area contributed by atoms with E-state index in [2.05, 4.69) is 28.7 Å². The Morgan fingerprint density at radius 3 is 2.77 bits per heavy atom. The molecule has 1 aromatic carbocycles. The molecule has 30 heavy (non-hydrogen) atoms. The summed E-state index contributed by atoms with van der Waals surface area (Å²) in [6.45, 7) is 6.37. The fourth-order valence-corrected chi connectivity index (χ4v) is 4.89. The Kier molecular flexibility index (Phi) is 6.19. The van der Waals surface area contributed by atoms with Crippen LogP contribution in [-0.2, 0) is 17.6 Å². The van der Waals surface area contributed by atoms with Crippen LogP contribution in [0.4, 0.5) is 5.82 Å². The van der Waals surface area contributed by atoms with Crippen LogP contribution in [0.25, 0.3) is 0 Å². The summed E-state index contributed by atoms with van der Waals surface area (Å²) in [7, 11) is 0. The number of piperazine rings is 1. The van der Waals surface area contributed by atoms with E-state index in [-0.39, 0.29) is 11.9 Å². The SMILES string of the molecule is CC1CCc2ncnc(N3CCN(C(=O)[C@H](N)Cc4ccc(Cl)c(Cl)c4)C[C@@H]3C)c21. The molecule has 2 N–H and O–H groups in total. The molecule has 6 nitrogen and oxygen atoms in total. The summed E-state index contributed by atoms with van der Waals surface area (Å²) >= 11 is 12.1. The van der Waals surface area contributed by atoms with Crippen LogP contribution >= 0.6 is 23.2 Å². The van der Waals surface area contributed by atoms with E-state index in [1.165, 1.54) is 11.3 Å². The third-order valence-electron chi connectivity index (χ3n) is 6.22. The Bertz CT molecular complexity index is 953. The standard InChI is InChI=1S/C22H27Cl2N5O/c1-13-3-6-19-20(13)21(27-12-26-19)29-8-7-28(11-14(29)2)22(30)18(25)10-15-4-5-16(23)17(24)9-15/h4-5,9,12-14,18H,3,6-8,10-11,25H2,1-2H3/t13?,14-,18+/m0/s1. The van der Waals surface area contributed by atoms with Crippen molar-refractivity contribution < 1.29 is 4.79 Å². The molecular formula is C22H27Cl2N5O. The lowest BCUT2D eigenvalue weighted by molar-refractivity contribution is -0.133. The van der Waals surface area contributed by atoms with Crippen molar-refractivity contribution in [1.82, 2.24) is 14.9 Å². The maximum absolute atomic E-state index is 13.0. The van der Waals surface area contributed by atoms with Gasteiger partial charge in [-0.05, 0) is 49.8 Å². The average Bonchev–Trinajstić information content (AvgIpc) is 3.11. The van der Waals surface area contributed by atoms with Crippen molar-refractivity contribution >= 4 is 34.9 Å². The number of benzene rings is 1. The summed E-state index contributed by atoms with van der Waals surface area (Å²) in [6.07, 6.45) is 4.24. The number of fused-ring (bicyclic) bond motifs is 1. The van der Waals surface area contributed by atoms with Gasteiger partial charge in [0.1, 0.15) is 12.1 Å². The van der Waals surface area contributed by atoms with E-state index in [0.29, 0.717) is 35.5 Å². The summed E-state index contributed by atoms with van der Waals surface area (Å²) in [6, 6.07) is 4.92. The number of carbonyl (C=O) groups is 1. The number of nitrogens with zero attached hydrogens (tertiary/aromatic N) is 4. The number of aryl methyl sites for hydroxylation is 1. The van der Waals surface area contributed by atoms with Gasteiger partial charge in [-0.25, -0.2) is 9.97 Å². The number of rotatable bonds is 4. The molecule has 2 aromatic rings. The maximum atomic E-state index is 13.0. The van der Waals surface area contributed by atoms with Gasteiger partial charge in [0.25, 0.3) is 0 Å². The fraction of sp³-hybridized carbons (Fsp3) is 0.500. The molecule has 160 valence electrons. The first-order valence-corrected chi connectivity index (χ1v) is 11.2. The van der Waals surface area contributed by atoms with Crippen LogP contribution in [0.1, 0.15) is 43.0 Å². The molecule has 2 heterocycles. The number of halogens is 2. The third-order valence-corrected chi connectivity index (χ3v) is 6.96. The zero-order chi connectivity index (χ0) is 21.4. The second-order valence-corrected chi connectivity index (χ2v) is 9.20. The van der Waals surface area contributed by atoms with E-state index in [4.69, 9.17) is 28.9 Å². The molecule has 8 heteroatoms. The first-order valence-electron chi connectivity index (χ1n) is 10.4. The van der Waals surface area contributed by atoms with E-state index in [9.17, 15) is 4.79 Å². The average molecular weight is 448 g/mol. The number of carbonyl (C=O) groups excluding carboxylic acids is 1. The molecule has 0 spiro atoms. The molecule has 1 saturated heterocycles. The minimum Gasteiger partial charge on any atom is -0.350 e. The number of hydrogen-bond donors (Lipinski definition) is 1. The lowest BCUT2D eigenvalue weighted by atomic mass is 10.0. The van der Waals surface area contributed by atoms with Crippen LogP contribution in [0, 0.1) is 0 Å². The summed E-state index contributed by atoms with van der Waals surface area (Å²) in [5.74, 6) is 1.47. The number of nitrogens with two attached hydrogens (primary N) is 1. The minimum absolute atomic E-state index is 0.0335. The second-order valence-electron chi connectivity index (χ2n) is 8.38. The van der Waals surface area contributed by atoms with E-state index < -0.39 is 6.04 Å². The normalized spacial score (nSPS) is 22.2. The summed E-state index contributed by atoms with van der Waals surface area (Å²) in [5.41, 5.74) is 9.60. The van der Waals surface area contributed by atoms with Crippen LogP contribution < -0.4 is 10.6 Å². The van der Waals surface area contributed by atoms with Crippen molar-refractivity contribution in [2.75, 3.05) is 24.5 Å². The Hall–Kier alpha value is -1.89. The van der Waals surface area contributed by atoms with E-state index in [1.807, 2.05) is 11.0 Å². The van der Waals surface area contributed by atoms with Gasteiger partial charge in [0.05, 0.1) is 16.1 Å². The molecular weight excluding hydrogens is 421 g/mol. The van der Waals surface area contributed by atoms with Gasteiger partial charge in [-0.3, -0.25) is 4.79 Å². The van der Waals surface area contributed by atoms with Gasteiger partial charge in [0.2, 0.25) is 5.91 Å². The Labute approximate surface area is 187 Å². The van der Waals surface area contributed by atoms with Gasteiger partial charge in [0, 0.05) is 36.9 Å². The molecule has 1 amide bonds. The number of anilines is 1. The molecule has 1 aliphatic carbocycles. The largest absolute Gasteiger partial charge is 0.350 e. The molecule has 0 saturated carbocycles. The van der Waals surface area contributed by atoms with Gasteiger partial charge in [0.15, 0.2) is 0 Å². The summed E-state index contributed by atoms with van der Waals surface area (Å²) in [4.78, 5) is 26.3. The molecule has 3 atom stereocenters. The fourth-order valence-electron chi connectivity index (χ4n) is 4.57. The van der Waals surface area contributed by atoms with Gasteiger partial charge >= 0.3 is 0 Å². The maximum Gasteiger partial charge on any atom is 0.239 e. The monoisotopic (exact) mass is 447 g/mol. The highest BCUT2D eigenvalue weighted by atomic mass is 35.5. The van der Waals surface area contributed by atoms with Crippen molar-refractivity contribution in [3.8, 4) is 0 Å². The first kappa shape index (κ1) is 21.3. The summed E-state index contributed by atoms with van der Waals surface area (Å²) < 4.78 is 0. The van der Waals surface area contributed by atoms with Crippen LogP contribution in [-0.4, -0.2) is 52.5 Å². The smallest absolute Gasteiger partial charge is 0.239 e. The lowest BCUT2D eigenvalue weighted by Crippen LogP contribution is -2.57. The zero-order valence-corrected chi connectivity index (χ0v) is 18.8. The van der Waals surface area contributed by atoms with Gasteiger partial charge < -0.3 is 15.5 Å². The molecule has 4 rings (SSSR count). The molecule has 1 fully saturated rings. The molecule has 0 bridgehead atoms. The Morgan fingerprint density at radius 1 is 1.23 bits per heavy atom. The van der Waals surface area contributed by atoms with Crippen LogP contribution in [0.3, 0.4) is 0 Å². The highest BCUT2D eigenvalue weighted by Gasteiger charge is 2.33. The predicted molar refractivity (Wildman–Crippen MR) is 120 cm³/mol. The van der Waals surface area contributed by atoms with E-state index >= 15 is 0 Å². The minimum atomic E-state index is -0.607.